The summed E-state index contributed by atoms with van der Waals surface area (Å²) in [4.78, 5) is 12.2. The molecule has 0 aliphatic heterocycles. The van der Waals surface area contributed by atoms with Crippen molar-refractivity contribution in [3.8, 4) is 0 Å². The number of carbonyl (C=O) groups is 1. The maximum atomic E-state index is 12.2. The van der Waals surface area contributed by atoms with Crippen LogP contribution in [0.2, 0.25) is 0 Å². The Morgan fingerprint density at radius 1 is 1.06 bits per heavy atom. The molecule has 0 aromatic rings. The molecule has 0 aliphatic rings. The van der Waals surface area contributed by atoms with Gasteiger partial charge in [-0.2, -0.15) is 0 Å². The van der Waals surface area contributed by atoms with Crippen LogP contribution in [0.15, 0.2) is 0 Å². The van der Waals surface area contributed by atoms with Gasteiger partial charge in [-0.15, -0.1) is 0 Å². The number of hydrogen-bond acceptors (Lipinski definition) is 2. The quantitative estimate of drug-likeness (QED) is 0.632. The minimum atomic E-state index is -0.215. The van der Waals surface area contributed by atoms with Gasteiger partial charge in [-0.3, -0.25) is 4.79 Å². The molecule has 0 spiro atoms. The Bertz CT molecular complexity index is 241. The van der Waals surface area contributed by atoms with E-state index >= 15 is 0 Å². The van der Waals surface area contributed by atoms with Crippen molar-refractivity contribution in [1.29, 1.82) is 0 Å². The van der Waals surface area contributed by atoms with E-state index in [1.165, 1.54) is 0 Å². The highest BCUT2D eigenvalue weighted by atomic mass is 16.5. The largest absolute Gasteiger partial charge is 0.372 e. The molecular formula is C15H30O2. The number of hydrogen-bond donors (Lipinski definition) is 0. The lowest BCUT2D eigenvalue weighted by molar-refractivity contribution is -0.135. The van der Waals surface area contributed by atoms with Crippen LogP contribution in [0.3, 0.4) is 0 Å². The normalized spacial score (nSPS) is 14.8. The molecular weight excluding hydrogens is 212 g/mol. The molecule has 0 saturated heterocycles. The molecule has 0 N–H and O–H groups in total. The third-order valence-corrected chi connectivity index (χ3v) is 3.84. The van der Waals surface area contributed by atoms with Crippen molar-refractivity contribution in [2.75, 3.05) is 0 Å². The van der Waals surface area contributed by atoms with Crippen LogP contribution in [0.25, 0.3) is 0 Å². The van der Waals surface area contributed by atoms with Gasteiger partial charge in [0.25, 0.3) is 0 Å². The van der Waals surface area contributed by atoms with Gasteiger partial charge in [0.05, 0.1) is 11.7 Å². The first-order valence-electron chi connectivity index (χ1n) is 6.89. The summed E-state index contributed by atoms with van der Waals surface area (Å²) in [6, 6.07) is 0. The fourth-order valence-electron chi connectivity index (χ4n) is 1.48. The van der Waals surface area contributed by atoms with E-state index < -0.39 is 0 Å². The smallest absolute Gasteiger partial charge is 0.141 e. The zero-order chi connectivity index (χ0) is 13.7. The van der Waals surface area contributed by atoms with Crippen molar-refractivity contribution in [3.05, 3.63) is 0 Å². The van der Waals surface area contributed by atoms with Crippen LogP contribution in [0.5, 0.6) is 0 Å². The van der Waals surface area contributed by atoms with Gasteiger partial charge in [0, 0.05) is 11.8 Å². The first-order valence-corrected chi connectivity index (χ1v) is 6.89. The number of Topliss-reactive ketones (excluding diaryl/α,β-unsaturated/α-hetero) is 1. The molecule has 0 bridgehead atoms. The van der Waals surface area contributed by atoms with Gasteiger partial charge in [0.2, 0.25) is 0 Å². The summed E-state index contributed by atoms with van der Waals surface area (Å²) in [6.07, 6.45) is 3.35. The molecule has 2 heteroatoms. The van der Waals surface area contributed by atoms with Gasteiger partial charge in [-0.1, -0.05) is 34.6 Å². The summed E-state index contributed by atoms with van der Waals surface area (Å²) in [5.41, 5.74) is -0.343. The SMILES string of the molecule is CCC(CC(=O)C(C)(C)CC)OC(C)(C)CC. The minimum absolute atomic E-state index is 0.0586. The predicted octanol–water partition coefficient (Wildman–Crippen LogP) is 4.37. The fraction of sp³-hybridized carbons (Fsp3) is 0.933. The Balaban J connectivity index is 4.47. The maximum absolute atomic E-state index is 12.2. The van der Waals surface area contributed by atoms with Crippen molar-refractivity contribution < 1.29 is 9.53 Å². The van der Waals surface area contributed by atoms with Gasteiger partial charge in [0.15, 0.2) is 0 Å². The third kappa shape index (κ3) is 5.67. The van der Waals surface area contributed by atoms with E-state index in [0.717, 1.165) is 19.3 Å². The topological polar surface area (TPSA) is 26.3 Å². The van der Waals surface area contributed by atoms with Crippen LogP contribution in [-0.2, 0) is 9.53 Å². The molecule has 1 unspecified atom stereocenters. The van der Waals surface area contributed by atoms with Crippen molar-refractivity contribution in [2.24, 2.45) is 5.41 Å². The Labute approximate surface area is 107 Å². The molecule has 0 rings (SSSR count). The van der Waals surface area contributed by atoms with E-state index in [9.17, 15) is 4.79 Å². The van der Waals surface area contributed by atoms with Gasteiger partial charge in [-0.05, 0) is 33.1 Å². The minimum Gasteiger partial charge on any atom is -0.372 e. The lowest BCUT2D eigenvalue weighted by atomic mass is 9.82. The molecule has 0 aliphatic carbocycles. The molecule has 0 aromatic carbocycles. The van der Waals surface area contributed by atoms with Crippen LogP contribution >= 0.6 is 0 Å². The Morgan fingerprint density at radius 3 is 1.94 bits per heavy atom. The molecule has 2 nitrogen and oxygen atoms in total. The second-order valence-corrected chi connectivity index (χ2v) is 6.13. The Kier molecular flexibility index (Phi) is 6.39. The van der Waals surface area contributed by atoms with E-state index in [4.69, 9.17) is 4.74 Å². The van der Waals surface area contributed by atoms with Gasteiger partial charge in [-0.25, -0.2) is 0 Å². The monoisotopic (exact) mass is 242 g/mol. The summed E-state index contributed by atoms with van der Waals surface area (Å²) < 4.78 is 6.03. The van der Waals surface area contributed by atoms with Crippen LogP contribution in [0.4, 0.5) is 0 Å². The number of carbonyl (C=O) groups excluding carboxylic acids is 1. The van der Waals surface area contributed by atoms with Crippen molar-refractivity contribution in [1.82, 2.24) is 0 Å². The number of rotatable bonds is 8. The molecule has 102 valence electrons. The molecule has 0 radical (unpaired) electrons. The molecule has 0 heterocycles. The second kappa shape index (κ2) is 6.53. The number of ether oxygens (including phenoxy) is 1. The van der Waals surface area contributed by atoms with Crippen molar-refractivity contribution >= 4 is 5.78 Å². The third-order valence-electron chi connectivity index (χ3n) is 3.84. The molecule has 0 saturated carbocycles. The molecule has 0 amide bonds. The van der Waals surface area contributed by atoms with E-state index in [1.807, 2.05) is 13.8 Å². The first kappa shape index (κ1) is 16.6. The highest BCUT2D eigenvalue weighted by Gasteiger charge is 2.29. The lowest BCUT2D eigenvalue weighted by Gasteiger charge is -2.31. The highest BCUT2D eigenvalue weighted by Crippen LogP contribution is 2.26. The Hall–Kier alpha value is -0.370. The summed E-state index contributed by atoms with van der Waals surface area (Å²) in [6.45, 7) is 14.5. The average Bonchev–Trinajstić information content (AvgIpc) is 2.27. The first-order chi connectivity index (χ1) is 7.68. The van der Waals surface area contributed by atoms with Gasteiger partial charge >= 0.3 is 0 Å². The standard InChI is InChI=1S/C15H30O2/c1-8-12(17-15(6,7)10-3)11-13(16)14(4,5)9-2/h12H,8-11H2,1-7H3. The fourth-order valence-corrected chi connectivity index (χ4v) is 1.48. The zero-order valence-corrected chi connectivity index (χ0v) is 12.7. The van der Waals surface area contributed by atoms with E-state index in [2.05, 4.69) is 34.6 Å². The number of ketones is 1. The van der Waals surface area contributed by atoms with Crippen LogP contribution in [-0.4, -0.2) is 17.5 Å². The van der Waals surface area contributed by atoms with E-state index in [1.54, 1.807) is 0 Å². The average molecular weight is 242 g/mol. The van der Waals surface area contributed by atoms with Gasteiger partial charge < -0.3 is 4.74 Å². The zero-order valence-electron chi connectivity index (χ0n) is 12.7. The van der Waals surface area contributed by atoms with Crippen molar-refractivity contribution in [3.63, 3.8) is 0 Å². The molecule has 0 fully saturated rings. The highest BCUT2D eigenvalue weighted by molar-refractivity contribution is 5.84. The molecule has 0 aromatic heterocycles. The van der Waals surface area contributed by atoms with Crippen LogP contribution in [0, 0.1) is 5.41 Å². The second-order valence-electron chi connectivity index (χ2n) is 6.13. The predicted molar refractivity (Wildman–Crippen MR) is 73.2 cm³/mol. The van der Waals surface area contributed by atoms with Gasteiger partial charge in [0.1, 0.15) is 5.78 Å². The summed E-state index contributed by atoms with van der Waals surface area (Å²) in [5, 5.41) is 0. The lowest BCUT2D eigenvalue weighted by Crippen LogP contribution is -2.34. The summed E-state index contributed by atoms with van der Waals surface area (Å²) in [7, 11) is 0. The van der Waals surface area contributed by atoms with Crippen LogP contribution < -0.4 is 0 Å². The van der Waals surface area contributed by atoms with Crippen molar-refractivity contribution in [2.45, 2.75) is 85.9 Å². The maximum Gasteiger partial charge on any atom is 0.141 e. The summed E-state index contributed by atoms with van der Waals surface area (Å²) in [5.74, 6) is 0.318. The molecule has 17 heavy (non-hydrogen) atoms. The molecule has 1 atom stereocenters. The Morgan fingerprint density at radius 2 is 1.59 bits per heavy atom. The van der Waals surface area contributed by atoms with Crippen LogP contribution in [0.1, 0.15) is 74.1 Å². The van der Waals surface area contributed by atoms with E-state index in [0.29, 0.717) is 12.2 Å². The van der Waals surface area contributed by atoms with E-state index in [-0.39, 0.29) is 17.1 Å². The summed E-state index contributed by atoms with van der Waals surface area (Å²) >= 11 is 0.